The summed E-state index contributed by atoms with van der Waals surface area (Å²) < 4.78 is 18.1. The molecule has 0 radical (unpaired) electrons. The fourth-order valence-corrected chi connectivity index (χ4v) is 6.15. The van der Waals surface area contributed by atoms with Gasteiger partial charge in [-0.3, -0.25) is 10.6 Å². The SMILES string of the molecule is COc1ccc([C@@](C)(NCc2ccc(N)cc2N)NC(=O)OC2CC(C)CCC2C(C)C)cc1OC1CCCC1. The molecule has 2 saturated carbocycles. The Morgan fingerprint density at radius 3 is 2.48 bits per heavy atom. The van der Waals surface area contributed by atoms with Gasteiger partial charge in [-0.2, -0.15) is 0 Å². The van der Waals surface area contributed by atoms with Crippen molar-refractivity contribution in [3.8, 4) is 11.5 Å². The standard InChI is InChI=1S/C32H48N4O4/c1-20(2)26-14-10-21(3)16-29(26)40-31(37)36-32(4,35-19-22-11-13-24(33)18-27(22)34)23-12-15-28(38-5)30(17-23)39-25-8-6-7-9-25/h11-13,15,17-18,20-21,25-26,29,35H,6-10,14,16,19,33-34H2,1-5H3,(H,36,37)/t21?,26?,29?,32-/m0/s1. The number of carbonyl (C=O) groups excluding carboxylic acids is 1. The van der Waals surface area contributed by atoms with Crippen LogP contribution in [0.1, 0.15) is 83.8 Å². The molecular formula is C32H48N4O4. The van der Waals surface area contributed by atoms with E-state index in [2.05, 4.69) is 31.4 Å². The van der Waals surface area contributed by atoms with E-state index in [1.54, 1.807) is 13.2 Å². The molecule has 0 bridgehead atoms. The van der Waals surface area contributed by atoms with Crippen LogP contribution in [0, 0.1) is 17.8 Å². The van der Waals surface area contributed by atoms with Gasteiger partial charge in [-0.15, -0.1) is 0 Å². The number of benzene rings is 2. The van der Waals surface area contributed by atoms with E-state index in [1.807, 2.05) is 37.3 Å². The number of nitrogens with one attached hydrogen (secondary N) is 2. The predicted molar refractivity (Wildman–Crippen MR) is 160 cm³/mol. The Kier molecular flexibility index (Phi) is 9.72. The normalized spacial score (nSPS) is 23.0. The van der Waals surface area contributed by atoms with Gasteiger partial charge >= 0.3 is 6.09 Å². The van der Waals surface area contributed by atoms with Crippen molar-refractivity contribution >= 4 is 17.5 Å². The van der Waals surface area contributed by atoms with E-state index in [4.69, 9.17) is 25.7 Å². The number of anilines is 2. The third-order valence-corrected chi connectivity index (χ3v) is 8.71. The molecule has 0 aromatic heterocycles. The zero-order valence-corrected chi connectivity index (χ0v) is 24.8. The lowest BCUT2D eigenvalue weighted by Crippen LogP contribution is -2.54. The smallest absolute Gasteiger partial charge is 0.409 e. The molecule has 2 aliphatic carbocycles. The largest absolute Gasteiger partial charge is 0.493 e. The van der Waals surface area contributed by atoms with Crippen molar-refractivity contribution in [2.75, 3.05) is 18.6 Å². The van der Waals surface area contributed by atoms with Crippen molar-refractivity contribution in [3.05, 3.63) is 47.5 Å². The van der Waals surface area contributed by atoms with Crippen molar-refractivity contribution in [1.82, 2.24) is 10.6 Å². The van der Waals surface area contributed by atoms with Crippen LogP contribution in [0.2, 0.25) is 0 Å². The Bertz CT molecular complexity index is 1150. The van der Waals surface area contributed by atoms with Crippen LogP contribution in [-0.2, 0) is 16.9 Å². The zero-order valence-electron chi connectivity index (χ0n) is 24.8. The number of nitrogen functional groups attached to an aromatic ring is 2. The average molecular weight is 553 g/mol. The van der Waals surface area contributed by atoms with Gasteiger partial charge in [0.05, 0.1) is 13.2 Å². The number of ether oxygens (including phenoxy) is 3. The minimum absolute atomic E-state index is 0.113. The molecule has 2 fully saturated rings. The van der Waals surface area contributed by atoms with E-state index < -0.39 is 11.8 Å². The minimum Gasteiger partial charge on any atom is -0.493 e. The van der Waals surface area contributed by atoms with Crippen LogP contribution < -0.4 is 31.6 Å². The third kappa shape index (κ3) is 7.33. The predicted octanol–water partition coefficient (Wildman–Crippen LogP) is 6.33. The summed E-state index contributed by atoms with van der Waals surface area (Å²) in [5, 5.41) is 6.69. The van der Waals surface area contributed by atoms with Crippen molar-refractivity contribution < 1.29 is 19.0 Å². The van der Waals surface area contributed by atoms with E-state index in [1.165, 1.54) is 19.3 Å². The molecule has 2 aromatic rings. The summed E-state index contributed by atoms with van der Waals surface area (Å²) in [4.78, 5) is 13.5. The van der Waals surface area contributed by atoms with Crippen molar-refractivity contribution in [2.45, 2.75) is 97.1 Å². The van der Waals surface area contributed by atoms with Crippen LogP contribution in [-0.4, -0.2) is 25.4 Å². The van der Waals surface area contributed by atoms with Gasteiger partial charge in [0.2, 0.25) is 0 Å². The molecule has 4 rings (SSSR count). The molecule has 40 heavy (non-hydrogen) atoms. The van der Waals surface area contributed by atoms with Gasteiger partial charge in [0.1, 0.15) is 11.8 Å². The number of hydrogen-bond acceptors (Lipinski definition) is 7. The quantitative estimate of drug-likeness (QED) is 0.201. The number of hydrogen-bond donors (Lipinski definition) is 4. The molecule has 220 valence electrons. The van der Waals surface area contributed by atoms with Gasteiger partial charge in [-0.1, -0.05) is 39.3 Å². The summed E-state index contributed by atoms with van der Waals surface area (Å²) in [6.07, 6.45) is 7.12. The molecule has 6 N–H and O–H groups in total. The summed E-state index contributed by atoms with van der Waals surface area (Å²) in [7, 11) is 1.64. The van der Waals surface area contributed by atoms with Crippen LogP contribution in [0.15, 0.2) is 36.4 Å². The second-order valence-electron chi connectivity index (χ2n) is 12.2. The summed E-state index contributed by atoms with van der Waals surface area (Å²) in [6.45, 7) is 8.99. The molecule has 0 aliphatic heterocycles. The Morgan fingerprint density at radius 1 is 1.05 bits per heavy atom. The Hall–Kier alpha value is -3.13. The Labute approximate surface area is 239 Å². The molecule has 2 aliphatic rings. The lowest BCUT2D eigenvalue weighted by atomic mass is 9.75. The van der Waals surface area contributed by atoms with Crippen LogP contribution in [0.4, 0.5) is 16.2 Å². The maximum absolute atomic E-state index is 13.5. The first-order chi connectivity index (χ1) is 19.1. The number of alkyl carbamates (subject to hydrolysis) is 1. The van der Waals surface area contributed by atoms with Gasteiger partial charge in [0.15, 0.2) is 11.5 Å². The molecule has 8 nitrogen and oxygen atoms in total. The highest BCUT2D eigenvalue weighted by atomic mass is 16.6. The van der Waals surface area contributed by atoms with Gasteiger partial charge < -0.3 is 25.7 Å². The van der Waals surface area contributed by atoms with E-state index in [0.717, 1.165) is 36.8 Å². The van der Waals surface area contributed by atoms with Crippen molar-refractivity contribution in [3.63, 3.8) is 0 Å². The monoisotopic (exact) mass is 552 g/mol. The van der Waals surface area contributed by atoms with Crippen LogP contribution in [0.5, 0.6) is 11.5 Å². The Morgan fingerprint density at radius 2 is 1.80 bits per heavy atom. The van der Waals surface area contributed by atoms with E-state index in [9.17, 15) is 4.79 Å². The highest BCUT2D eigenvalue weighted by molar-refractivity contribution is 5.69. The third-order valence-electron chi connectivity index (χ3n) is 8.71. The molecule has 8 heteroatoms. The molecule has 0 heterocycles. The van der Waals surface area contributed by atoms with Crippen LogP contribution in [0.3, 0.4) is 0 Å². The molecule has 4 atom stereocenters. The van der Waals surface area contributed by atoms with Gasteiger partial charge in [0, 0.05) is 17.9 Å². The highest BCUT2D eigenvalue weighted by Crippen LogP contribution is 2.37. The number of methoxy groups -OCH3 is 1. The minimum atomic E-state index is -0.988. The van der Waals surface area contributed by atoms with Crippen molar-refractivity contribution in [1.29, 1.82) is 0 Å². The summed E-state index contributed by atoms with van der Waals surface area (Å²) >= 11 is 0. The van der Waals surface area contributed by atoms with Gasteiger partial charge in [-0.05, 0) is 98.6 Å². The van der Waals surface area contributed by atoms with Gasteiger partial charge in [-0.25, -0.2) is 4.79 Å². The lowest BCUT2D eigenvalue weighted by Gasteiger charge is -2.38. The fourth-order valence-electron chi connectivity index (χ4n) is 6.15. The molecule has 3 unspecified atom stereocenters. The maximum atomic E-state index is 13.5. The van der Waals surface area contributed by atoms with E-state index in [0.29, 0.717) is 47.2 Å². The number of rotatable bonds is 10. The number of nitrogens with two attached hydrogens (primary N) is 2. The highest BCUT2D eigenvalue weighted by Gasteiger charge is 2.36. The Balaban J connectivity index is 1.60. The molecular weight excluding hydrogens is 504 g/mol. The molecule has 1 amide bonds. The van der Waals surface area contributed by atoms with E-state index >= 15 is 0 Å². The topological polar surface area (TPSA) is 121 Å². The summed E-state index contributed by atoms with van der Waals surface area (Å²) in [5.41, 5.74) is 14.1. The van der Waals surface area contributed by atoms with Crippen molar-refractivity contribution in [2.24, 2.45) is 17.8 Å². The maximum Gasteiger partial charge on any atom is 0.409 e. The van der Waals surface area contributed by atoms with Crippen LogP contribution >= 0.6 is 0 Å². The first-order valence-electron chi connectivity index (χ1n) is 14.8. The summed E-state index contributed by atoms with van der Waals surface area (Å²) in [6, 6.07) is 11.3. The fraction of sp³-hybridized carbons (Fsp3) is 0.594. The summed E-state index contributed by atoms with van der Waals surface area (Å²) in [5.74, 6) is 2.66. The first-order valence-corrected chi connectivity index (χ1v) is 14.8. The number of carbonyl (C=O) groups is 1. The van der Waals surface area contributed by atoms with Crippen LogP contribution in [0.25, 0.3) is 0 Å². The van der Waals surface area contributed by atoms with Gasteiger partial charge in [0.25, 0.3) is 0 Å². The second kappa shape index (κ2) is 13.0. The molecule has 0 saturated heterocycles. The van der Waals surface area contributed by atoms with E-state index in [-0.39, 0.29) is 12.2 Å². The first kappa shape index (κ1) is 29.8. The second-order valence-corrected chi connectivity index (χ2v) is 12.2. The number of amides is 1. The average Bonchev–Trinajstić information content (AvgIpc) is 3.41. The molecule has 2 aromatic carbocycles. The molecule has 0 spiro atoms. The lowest BCUT2D eigenvalue weighted by molar-refractivity contribution is 0.00150. The zero-order chi connectivity index (χ0) is 28.9.